The van der Waals surface area contributed by atoms with E-state index in [2.05, 4.69) is 29.9 Å². The standard InChI is InChI=1S/C23H26N10O13S2.2Na/c1-23(2,19(40)41)46-29-15(12-8-47-20(24)27-12)17(38)26-11-6-32(18(11)39)21(42)30-48(44,45)33-22(43)31(5-9(35)7-34)16(28-33)10-3-13(36)14(37)4-25-10;;/h3-4,8-9,11,34-35,37H,5-7H2,1-2H3,(H2,24,27)(H,25,36)(H,26,38)(H,30,42)(H,40,41);;/q;2*+1/p-2/b29-15-;;/t9-,11+;;/m1../s1. The zero-order valence-corrected chi connectivity index (χ0v) is 32.1. The summed E-state index contributed by atoms with van der Waals surface area (Å²) in [6.07, 6.45) is -0.801. The number of nitrogens with one attached hydrogen (secondary N) is 2. The monoisotopic (exact) mass is 758 g/mol. The average molecular weight is 759 g/mol. The Morgan fingerprint density at radius 1 is 1.28 bits per heavy atom. The van der Waals surface area contributed by atoms with Crippen LogP contribution in [0.15, 0.2) is 36.8 Å². The van der Waals surface area contributed by atoms with E-state index in [1.54, 1.807) is 0 Å². The smallest absolute Gasteiger partial charge is 0.845 e. The molecule has 0 aliphatic carbocycles. The number of aliphatic hydroxyl groups is 2. The van der Waals surface area contributed by atoms with Crippen LogP contribution in [0.3, 0.4) is 0 Å². The van der Waals surface area contributed by atoms with Crippen molar-refractivity contribution in [3.05, 3.63) is 44.0 Å². The van der Waals surface area contributed by atoms with E-state index in [4.69, 9.17) is 10.6 Å². The van der Waals surface area contributed by atoms with Crippen LogP contribution in [0.1, 0.15) is 19.5 Å². The van der Waals surface area contributed by atoms with E-state index < -0.39 is 99.9 Å². The first-order valence-electron chi connectivity index (χ1n) is 13.1. The Balaban J connectivity index is 0.00000433. The summed E-state index contributed by atoms with van der Waals surface area (Å²) in [5, 5.41) is 63.1. The maximum Gasteiger partial charge on any atom is 1.00 e. The number of rotatable bonds is 12. The van der Waals surface area contributed by atoms with E-state index in [1.165, 1.54) is 5.38 Å². The molecule has 1 fully saturated rings. The topological polar surface area (TPSA) is 353 Å². The number of aliphatic carboxylic acids is 1. The first-order valence-corrected chi connectivity index (χ1v) is 15.4. The van der Waals surface area contributed by atoms with Crippen LogP contribution in [0.4, 0.5) is 5.13 Å². The fraction of sp³-hybridized carbons (Fsp3) is 0.348. The third-order valence-electron chi connectivity index (χ3n) is 6.29. The van der Waals surface area contributed by atoms with Gasteiger partial charge in [0, 0.05) is 17.6 Å². The number of hydrogen-bond acceptors (Lipinski definition) is 18. The summed E-state index contributed by atoms with van der Waals surface area (Å²) in [5.74, 6) is -5.24. The second-order valence-corrected chi connectivity index (χ2v) is 12.5. The number of carboxylic acid groups (broad SMARTS) is 1. The Morgan fingerprint density at radius 2 is 1.94 bits per heavy atom. The number of aliphatic hydroxyl groups excluding tert-OH is 2. The van der Waals surface area contributed by atoms with Crippen molar-refractivity contribution in [2.75, 3.05) is 18.9 Å². The number of nitrogens with zero attached hydrogens (tertiary/aromatic N) is 7. The van der Waals surface area contributed by atoms with Gasteiger partial charge in [-0.1, -0.05) is 9.24 Å². The number of anilines is 1. The molecule has 1 saturated heterocycles. The Bertz CT molecular complexity index is 2070. The van der Waals surface area contributed by atoms with Crippen LogP contribution in [-0.4, -0.2) is 113 Å². The van der Waals surface area contributed by atoms with Crippen LogP contribution in [0.5, 0.6) is 5.75 Å². The summed E-state index contributed by atoms with van der Waals surface area (Å²) in [6.45, 7) is -0.0636. The molecule has 4 rings (SSSR count). The van der Waals surface area contributed by atoms with Crippen LogP contribution in [-0.2, 0) is 36.0 Å². The van der Waals surface area contributed by atoms with E-state index >= 15 is 0 Å². The van der Waals surface area contributed by atoms with Gasteiger partial charge in [0.05, 0.1) is 43.5 Å². The molecule has 2 amide bonds. The maximum atomic E-state index is 13.0. The van der Waals surface area contributed by atoms with E-state index in [1.807, 2.05) is 0 Å². The van der Waals surface area contributed by atoms with E-state index in [0.29, 0.717) is 9.47 Å². The summed E-state index contributed by atoms with van der Waals surface area (Å²) in [6, 6.07) is -2.38. The first-order chi connectivity index (χ1) is 22.4. The number of β-lactam (4-membered cyclic amide) rings is 1. The average Bonchev–Trinajstić information content (AvgIpc) is 3.58. The number of aromatic amines is 1. The maximum absolute atomic E-state index is 13.0. The number of carboxylic acids is 1. The number of amides is 2. The third kappa shape index (κ3) is 9.16. The van der Waals surface area contributed by atoms with Crippen molar-refractivity contribution < 1.29 is 112 Å². The summed E-state index contributed by atoms with van der Waals surface area (Å²) in [4.78, 5) is 73.3. The molecule has 0 bridgehead atoms. The van der Waals surface area contributed by atoms with Gasteiger partial charge in [-0.15, -0.1) is 20.8 Å². The van der Waals surface area contributed by atoms with Gasteiger partial charge in [0.1, 0.15) is 11.7 Å². The Labute approximate surface area is 327 Å². The number of amidine groups is 1. The fourth-order valence-electron chi connectivity index (χ4n) is 3.67. The van der Waals surface area contributed by atoms with Gasteiger partial charge >= 0.3 is 75.0 Å². The minimum atomic E-state index is -5.35. The van der Waals surface area contributed by atoms with Crippen LogP contribution in [0.2, 0.25) is 0 Å². The number of H-pyrrole nitrogens is 1. The van der Waals surface area contributed by atoms with Gasteiger partial charge < -0.3 is 56.1 Å². The van der Waals surface area contributed by atoms with Crippen LogP contribution >= 0.6 is 11.3 Å². The first kappa shape index (κ1) is 42.5. The SMILES string of the molecule is CC(C)(O/N=C(\C(=O)N[C@H]1CN(/C([O-])=N/S(=O)(=O)n2nc(-c3cc(=O)c(O)c[nH]3)n(C[C@@H](O)CO)c2=O)C1=O)c1csc(N)n1)C(=O)[O-].[Na+].[Na+]. The predicted molar refractivity (Wildman–Crippen MR) is 156 cm³/mol. The summed E-state index contributed by atoms with van der Waals surface area (Å²) < 4.78 is 29.1. The van der Waals surface area contributed by atoms with Gasteiger partial charge in [0.2, 0.25) is 5.43 Å². The van der Waals surface area contributed by atoms with Gasteiger partial charge in [0.15, 0.2) is 28.0 Å². The molecule has 0 saturated carbocycles. The summed E-state index contributed by atoms with van der Waals surface area (Å²) in [5.41, 5.74) is 0.0703. The second kappa shape index (κ2) is 16.6. The number of carbonyl (C=O) groups is 3. The van der Waals surface area contributed by atoms with Crippen LogP contribution < -0.4 is 91.5 Å². The van der Waals surface area contributed by atoms with Gasteiger partial charge in [-0.3, -0.25) is 19.0 Å². The number of nitrogens with two attached hydrogens (primary N) is 1. The minimum Gasteiger partial charge on any atom is -0.845 e. The number of aromatic hydroxyl groups is 1. The van der Waals surface area contributed by atoms with Crippen molar-refractivity contribution in [1.29, 1.82) is 0 Å². The van der Waals surface area contributed by atoms with Crippen LogP contribution in [0, 0.1) is 0 Å². The van der Waals surface area contributed by atoms with E-state index in [-0.39, 0.29) is 79.7 Å². The number of nitrogen functional groups attached to an aromatic ring is 1. The number of likely N-dealkylation sites (tertiary alicyclic amines) is 1. The molecular formula is C23H24N10Na2O13S2. The molecule has 0 unspecified atom stereocenters. The molecule has 50 heavy (non-hydrogen) atoms. The zero-order valence-electron chi connectivity index (χ0n) is 26.5. The molecule has 2 atom stereocenters. The Kier molecular flexibility index (Phi) is 14.1. The van der Waals surface area contributed by atoms with Gasteiger partial charge in [-0.2, -0.15) is 8.42 Å². The molecule has 23 nitrogen and oxygen atoms in total. The molecule has 7 N–H and O–H groups in total. The molecule has 4 heterocycles. The number of oxime groups is 1. The van der Waals surface area contributed by atoms with Crippen molar-refractivity contribution in [2.45, 2.75) is 38.1 Å². The van der Waals surface area contributed by atoms with Crippen molar-refractivity contribution in [1.82, 2.24) is 33.9 Å². The largest absolute Gasteiger partial charge is 1.00 e. The molecule has 3 aromatic heterocycles. The van der Waals surface area contributed by atoms with E-state index in [0.717, 1.165) is 37.4 Å². The zero-order chi connectivity index (χ0) is 35.7. The predicted octanol–water partition coefficient (Wildman–Crippen LogP) is -12.4. The molecule has 0 radical (unpaired) electrons. The normalized spacial score (nSPS) is 15.7. The minimum absolute atomic E-state index is 0. The number of aromatic nitrogens is 5. The molecular weight excluding hydrogens is 734 g/mol. The number of thiazole rings is 1. The molecule has 0 spiro atoms. The van der Waals surface area contributed by atoms with Gasteiger partial charge in [-0.05, 0) is 13.8 Å². The van der Waals surface area contributed by atoms with Crippen LogP contribution in [0.25, 0.3) is 11.5 Å². The quantitative estimate of drug-likeness (QED) is 0.0328. The number of hydrogen-bond donors (Lipinski definition) is 6. The molecule has 1 aliphatic rings. The van der Waals surface area contributed by atoms with E-state index in [9.17, 15) is 57.9 Å². The number of pyridine rings is 1. The molecule has 3 aromatic rings. The van der Waals surface area contributed by atoms with Gasteiger partial charge in [-0.25, -0.2) is 9.78 Å². The van der Waals surface area contributed by atoms with Crippen molar-refractivity contribution >= 4 is 56.2 Å². The Morgan fingerprint density at radius 3 is 2.48 bits per heavy atom. The molecule has 27 heteroatoms. The molecule has 0 aromatic carbocycles. The van der Waals surface area contributed by atoms with Crippen molar-refractivity contribution in [3.63, 3.8) is 0 Å². The number of carbonyl (C=O) groups excluding carboxylic acids is 3. The molecule has 258 valence electrons. The summed E-state index contributed by atoms with van der Waals surface area (Å²) in [7, 11) is -5.35. The fourth-order valence-corrected chi connectivity index (χ4v) is 5.07. The second-order valence-electron chi connectivity index (χ2n) is 10.2. The molecule has 1 aliphatic heterocycles. The summed E-state index contributed by atoms with van der Waals surface area (Å²) >= 11 is 0.896. The van der Waals surface area contributed by atoms with Crippen molar-refractivity contribution in [2.24, 2.45) is 9.55 Å². The third-order valence-corrected chi connectivity index (χ3v) is 8.02. The van der Waals surface area contributed by atoms with Gasteiger partial charge in [0.25, 0.3) is 11.8 Å². The Hall–Kier alpha value is -3.66. The van der Waals surface area contributed by atoms with Crippen molar-refractivity contribution in [3.8, 4) is 17.3 Å².